The van der Waals surface area contributed by atoms with E-state index >= 15 is 0 Å². The number of nitrogens with zero attached hydrogens (tertiary/aromatic N) is 1. The molecule has 0 aliphatic carbocycles. The lowest BCUT2D eigenvalue weighted by Gasteiger charge is -1.72. The van der Waals surface area contributed by atoms with Crippen LogP contribution in [-0.2, 0) is 0 Å². The monoisotopic (exact) mass is 98.1 g/mol. The van der Waals surface area contributed by atoms with Gasteiger partial charge in [0.05, 0.1) is 0 Å². The minimum absolute atomic E-state index is 0.567. The zero-order chi connectivity index (χ0) is 5.54. The summed E-state index contributed by atoms with van der Waals surface area (Å²) >= 11 is 0. The van der Waals surface area contributed by atoms with E-state index in [9.17, 15) is 0 Å². The van der Waals surface area contributed by atoms with E-state index in [-0.39, 0.29) is 0 Å². The first-order chi connectivity index (χ1) is 3.41. The highest BCUT2D eigenvalue weighted by Crippen LogP contribution is 1.67. The molecule has 0 fully saturated rings. The Bertz CT molecular complexity index is 74.1. The van der Waals surface area contributed by atoms with E-state index in [1.807, 2.05) is 6.92 Å². The lowest BCUT2D eigenvalue weighted by atomic mass is 10.6. The maximum Gasteiger partial charge on any atom is 0.0236 e. The zero-order valence-electron chi connectivity index (χ0n) is 4.46. The number of hydrogen-bond donors (Lipinski definition) is 1. The van der Waals surface area contributed by atoms with Gasteiger partial charge in [-0.1, -0.05) is 6.08 Å². The number of aliphatic imine (C=N–C) groups is 1. The van der Waals surface area contributed by atoms with Crippen molar-refractivity contribution in [2.75, 3.05) is 6.54 Å². The van der Waals surface area contributed by atoms with Gasteiger partial charge in [-0.3, -0.25) is 4.99 Å². The predicted molar refractivity (Wildman–Crippen MR) is 32.4 cm³/mol. The van der Waals surface area contributed by atoms with Gasteiger partial charge in [0.25, 0.3) is 0 Å². The van der Waals surface area contributed by atoms with Crippen LogP contribution in [0.5, 0.6) is 0 Å². The third-order valence-corrected chi connectivity index (χ3v) is 0.477. The standard InChI is InChI=1S/C5H10N2/c1-2-7-5-3-4-6/h2-3,5H,4,6H2,1H3/b5-3-,7-2?. The topological polar surface area (TPSA) is 38.4 Å². The molecule has 0 aromatic rings. The Kier molecular flexibility index (Phi) is 4.89. The Labute approximate surface area is 43.7 Å². The molecule has 0 saturated carbocycles. The predicted octanol–water partition coefficient (Wildman–Crippen LogP) is 0.550. The van der Waals surface area contributed by atoms with Crippen molar-refractivity contribution in [1.29, 1.82) is 0 Å². The quantitative estimate of drug-likeness (QED) is 0.503. The summed E-state index contributed by atoms with van der Waals surface area (Å²) in [5.74, 6) is 0. The van der Waals surface area contributed by atoms with Gasteiger partial charge in [0.2, 0.25) is 0 Å². The van der Waals surface area contributed by atoms with Crippen LogP contribution >= 0.6 is 0 Å². The number of nitrogens with two attached hydrogens (primary N) is 1. The molecule has 0 amide bonds. The van der Waals surface area contributed by atoms with Gasteiger partial charge in [0, 0.05) is 19.0 Å². The van der Waals surface area contributed by atoms with Crippen LogP contribution in [0.3, 0.4) is 0 Å². The molecule has 7 heavy (non-hydrogen) atoms. The molecule has 0 atom stereocenters. The fourth-order valence-corrected chi connectivity index (χ4v) is 0.208. The van der Waals surface area contributed by atoms with E-state index in [4.69, 9.17) is 5.73 Å². The summed E-state index contributed by atoms with van der Waals surface area (Å²) in [4.78, 5) is 3.78. The average Bonchev–Trinajstić information content (AvgIpc) is 1.69. The van der Waals surface area contributed by atoms with Crippen LogP contribution in [-0.4, -0.2) is 12.8 Å². The SMILES string of the molecule is CC=N/C=C\CN. The van der Waals surface area contributed by atoms with Gasteiger partial charge in [-0.2, -0.15) is 0 Å². The number of rotatable bonds is 2. The van der Waals surface area contributed by atoms with Crippen LogP contribution < -0.4 is 5.73 Å². The Hall–Kier alpha value is -0.630. The van der Waals surface area contributed by atoms with Gasteiger partial charge < -0.3 is 5.73 Å². The molecule has 0 aliphatic rings. The minimum atomic E-state index is 0.567. The third kappa shape index (κ3) is 5.37. The highest BCUT2D eigenvalue weighted by Gasteiger charge is 1.57. The second-order valence-corrected chi connectivity index (χ2v) is 1.03. The summed E-state index contributed by atoms with van der Waals surface area (Å²) in [5, 5.41) is 0. The maximum atomic E-state index is 5.11. The summed E-state index contributed by atoms with van der Waals surface area (Å²) in [6, 6.07) is 0. The molecule has 0 rings (SSSR count). The average molecular weight is 98.1 g/mol. The van der Waals surface area contributed by atoms with Gasteiger partial charge in [-0.25, -0.2) is 0 Å². The van der Waals surface area contributed by atoms with Crippen molar-refractivity contribution in [3.63, 3.8) is 0 Å². The van der Waals surface area contributed by atoms with Crippen molar-refractivity contribution in [3.8, 4) is 0 Å². The van der Waals surface area contributed by atoms with Crippen molar-refractivity contribution < 1.29 is 0 Å². The van der Waals surface area contributed by atoms with Crippen molar-refractivity contribution >= 4 is 6.21 Å². The van der Waals surface area contributed by atoms with E-state index in [1.54, 1.807) is 18.5 Å². The molecule has 0 radical (unpaired) electrons. The normalized spacial score (nSPS) is 11.7. The highest BCUT2D eigenvalue weighted by atomic mass is 14.7. The molecule has 0 heterocycles. The van der Waals surface area contributed by atoms with E-state index in [0.29, 0.717) is 6.54 Å². The summed E-state index contributed by atoms with van der Waals surface area (Å²) < 4.78 is 0. The molecule has 40 valence electrons. The van der Waals surface area contributed by atoms with Gasteiger partial charge in [0.1, 0.15) is 0 Å². The van der Waals surface area contributed by atoms with Crippen LogP contribution in [0.25, 0.3) is 0 Å². The summed E-state index contributed by atoms with van der Waals surface area (Å²) in [7, 11) is 0. The smallest absolute Gasteiger partial charge is 0.0236 e. The molecule has 2 N–H and O–H groups in total. The van der Waals surface area contributed by atoms with Crippen LogP contribution in [0.15, 0.2) is 17.3 Å². The first-order valence-corrected chi connectivity index (χ1v) is 2.24. The maximum absolute atomic E-state index is 5.11. The van der Waals surface area contributed by atoms with Crippen molar-refractivity contribution in [3.05, 3.63) is 12.3 Å². The first-order valence-electron chi connectivity index (χ1n) is 2.24. The van der Waals surface area contributed by atoms with Gasteiger partial charge in [-0.05, 0) is 6.92 Å². The van der Waals surface area contributed by atoms with E-state index in [2.05, 4.69) is 4.99 Å². The molecular weight excluding hydrogens is 88.1 g/mol. The summed E-state index contributed by atoms with van der Waals surface area (Å²) in [6.45, 7) is 2.43. The van der Waals surface area contributed by atoms with Crippen molar-refractivity contribution in [2.45, 2.75) is 6.92 Å². The highest BCUT2D eigenvalue weighted by molar-refractivity contribution is 5.54. The molecule has 0 aromatic carbocycles. The fourth-order valence-electron chi connectivity index (χ4n) is 0.208. The Morgan fingerprint density at radius 2 is 2.43 bits per heavy atom. The molecule has 0 aromatic heterocycles. The molecule has 2 nitrogen and oxygen atoms in total. The second-order valence-electron chi connectivity index (χ2n) is 1.03. The Morgan fingerprint density at radius 1 is 1.71 bits per heavy atom. The van der Waals surface area contributed by atoms with Crippen LogP contribution in [0, 0.1) is 0 Å². The molecule has 0 unspecified atom stereocenters. The minimum Gasteiger partial charge on any atom is -0.327 e. The lowest BCUT2D eigenvalue weighted by Crippen LogP contribution is -1.91. The van der Waals surface area contributed by atoms with Gasteiger partial charge in [0.15, 0.2) is 0 Å². The molecular formula is C5H10N2. The largest absolute Gasteiger partial charge is 0.327 e. The molecule has 0 spiro atoms. The lowest BCUT2D eigenvalue weighted by molar-refractivity contribution is 1.24. The van der Waals surface area contributed by atoms with Gasteiger partial charge in [-0.15, -0.1) is 0 Å². The van der Waals surface area contributed by atoms with Crippen LogP contribution in [0.2, 0.25) is 0 Å². The second kappa shape index (κ2) is 5.37. The number of hydrogen-bond acceptors (Lipinski definition) is 2. The summed E-state index contributed by atoms with van der Waals surface area (Å²) in [5.41, 5.74) is 5.11. The van der Waals surface area contributed by atoms with Crippen LogP contribution in [0.1, 0.15) is 6.92 Å². The molecule has 0 aliphatic heterocycles. The molecule has 0 saturated heterocycles. The Balaban J connectivity index is 3.09. The van der Waals surface area contributed by atoms with Crippen LogP contribution in [0.4, 0.5) is 0 Å². The zero-order valence-corrected chi connectivity index (χ0v) is 4.46. The van der Waals surface area contributed by atoms with E-state index in [0.717, 1.165) is 0 Å². The van der Waals surface area contributed by atoms with E-state index in [1.165, 1.54) is 0 Å². The Morgan fingerprint density at radius 3 is 2.86 bits per heavy atom. The molecule has 0 bridgehead atoms. The van der Waals surface area contributed by atoms with Gasteiger partial charge >= 0.3 is 0 Å². The fraction of sp³-hybridized carbons (Fsp3) is 0.400. The molecule has 2 heteroatoms. The first kappa shape index (κ1) is 6.37. The third-order valence-electron chi connectivity index (χ3n) is 0.477. The summed E-state index contributed by atoms with van der Waals surface area (Å²) in [6.07, 6.45) is 5.19. The van der Waals surface area contributed by atoms with Crippen molar-refractivity contribution in [1.82, 2.24) is 0 Å². The van der Waals surface area contributed by atoms with Crippen molar-refractivity contribution in [2.24, 2.45) is 10.7 Å². The van der Waals surface area contributed by atoms with E-state index < -0.39 is 0 Å².